The Labute approximate surface area is 164 Å². The van der Waals surface area contributed by atoms with Crippen LogP contribution < -0.4 is 10.3 Å². The molecule has 0 saturated carbocycles. The van der Waals surface area contributed by atoms with E-state index in [2.05, 4.69) is 15.1 Å². The number of rotatable bonds is 4. The molecule has 3 aromatic heterocycles. The Morgan fingerprint density at radius 3 is 2.64 bits per heavy atom. The van der Waals surface area contributed by atoms with Crippen molar-refractivity contribution in [1.29, 1.82) is 0 Å². The van der Waals surface area contributed by atoms with Crippen LogP contribution in [-0.4, -0.2) is 19.6 Å². The van der Waals surface area contributed by atoms with Gasteiger partial charge in [0.15, 0.2) is 5.82 Å². The normalized spacial score (nSPS) is 11.9. The Kier molecular flexibility index (Phi) is 4.60. The maximum absolute atomic E-state index is 12.7. The van der Waals surface area contributed by atoms with E-state index in [1.807, 2.05) is 30.3 Å². The highest BCUT2D eigenvalue weighted by molar-refractivity contribution is 7.10. The number of nitrogens with zero attached hydrogens (tertiary/aromatic N) is 3. The monoisotopic (exact) mass is 426 g/mol. The van der Waals surface area contributed by atoms with Crippen molar-refractivity contribution in [3.63, 3.8) is 0 Å². The molecule has 1 N–H and O–H groups in total. The van der Waals surface area contributed by atoms with Crippen LogP contribution in [0.1, 0.15) is 10.6 Å². The minimum absolute atomic E-state index is 0.0161. The van der Waals surface area contributed by atoms with E-state index in [4.69, 9.17) is 16.3 Å². The van der Waals surface area contributed by atoms with Gasteiger partial charge in [-0.05, 0) is 0 Å². The topological polar surface area (TPSA) is 72.3 Å². The summed E-state index contributed by atoms with van der Waals surface area (Å²) in [4.78, 5) is 20.1. The Hall–Kier alpha value is -2.85. The number of hydrogen-bond acceptors (Lipinski definition) is 5. The molecule has 1 aromatic carbocycles. The summed E-state index contributed by atoms with van der Waals surface area (Å²) in [6.45, 7) is -0.272. The molecule has 0 spiro atoms. The third kappa shape index (κ3) is 3.48. The minimum atomic E-state index is -4.44. The van der Waals surface area contributed by atoms with E-state index in [-0.39, 0.29) is 28.9 Å². The van der Waals surface area contributed by atoms with Gasteiger partial charge in [0, 0.05) is 17.0 Å². The summed E-state index contributed by atoms with van der Waals surface area (Å²) in [5, 5.41) is 3.85. The van der Waals surface area contributed by atoms with Crippen molar-refractivity contribution < 1.29 is 17.9 Å². The molecule has 0 atom stereocenters. The first-order valence-electron chi connectivity index (χ1n) is 7.84. The lowest BCUT2D eigenvalue weighted by atomic mass is 10.2. The van der Waals surface area contributed by atoms with Crippen molar-refractivity contribution in [3.8, 4) is 17.1 Å². The van der Waals surface area contributed by atoms with E-state index in [1.165, 1.54) is 5.38 Å². The fourth-order valence-corrected chi connectivity index (χ4v) is 3.33. The van der Waals surface area contributed by atoms with Crippen molar-refractivity contribution in [2.75, 3.05) is 0 Å². The van der Waals surface area contributed by atoms with Crippen LogP contribution >= 0.6 is 22.9 Å². The van der Waals surface area contributed by atoms with Crippen LogP contribution in [0.4, 0.5) is 13.2 Å². The zero-order chi connectivity index (χ0) is 19.9. The highest BCUT2D eigenvalue weighted by Crippen LogP contribution is 2.36. The average Bonchev–Trinajstić information content (AvgIpc) is 3.31. The summed E-state index contributed by atoms with van der Waals surface area (Å²) in [5.74, 6) is 0.516. The Morgan fingerprint density at radius 1 is 1.21 bits per heavy atom. The molecule has 28 heavy (non-hydrogen) atoms. The molecule has 0 aliphatic carbocycles. The Bertz CT molecular complexity index is 1200. The molecule has 6 nitrogen and oxygen atoms in total. The van der Waals surface area contributed by atoms with Crippen LogP contribution in [0.25, 0.3) is 17.2 Å². The predicted octanol–water partition coefficient (Wildman–Crippen LogP) is 4.40. The van der Waals surface area contributed by atoms with E-state index in [1.54, 1.807) is 0 Å². The van der Waals surface area contributed by atoms with Gasteiger partial charge in [0.05, 0.1) is 0 Å². The van der Waals surface area contributed by atoms with Gasteiger partial charge in [-0.2, -0.15) is 22.7 Å². The van der Waals surface area contributed by atoms with Gasteiger partial charge >= 0.3 is 6.18 Å². The van der Waals surface area contributed by atoms with E-state index < -0.39 is 16.6 Å². The lowest BCUT2D eigenvalue weighted by Gasteiger charge is -2.05. The number of ether oxygens (including phenoxy) is 1. The van der Waals surface area contributed by atoms with Crippen LogP contribution in [0.3, 0.4) is 0 Å². The third-order valence-corrected chi connectivity index (χ3v) is 5.12. The van der Waals surface area contributed by atoms with Crippen LogP contribution in [0, 0.1) is 0 Å². The van der Waals surface area contributed by atoms with E-state index in [9.17, 15) is 18.0 Å². The fourth-order valence-electron chi connectivity index (χ4n) is 2.45. The van der Waals surface area contributed by atoms with Gasteiger partial charge in [0.2, 0.25) is 0 Å². The lowest BCUT2D eigenvalue weighted by molar-refractivity contribution is -0.134. The summed E-state index contributed by atoms with van der Waals surface area (Å²) in [6.07, 6.45) is -4.44. The molecule has 4 rings (SSSR count). The molecular weight excluding hydrogens is 417 g/mol. The van der Waals surface area contributed by atoms with Crippen molar-refractivity contribution in [1.82, 2.24) is 19.6 Å². The van der Waals surface area contributed by atoms with Crippen LogP contribution in [-0.2, 0) is 12.8 Å². The van der Waals surface area contributed by atoms with Crippen molar-refractivity contribution in [2.45, 2.75) is 12.8 Å². The van der Waals surface area contributed by atoms with E-state index >= 15 is 0 Å². The number of benzene rings is 1. The molecule has 0 radical (unpaired) electrons. The molecule has 144 valence electrons. The number of alkyl halides is 3. The van der Waals surface area contributed by atoms with Gasteiger partial charge in [0.25, 0.3) is 11.3 Å². The number of thiophene rings is 1. The van der Waals surface area contributed by atoms with E-state index in [0.29, 0.717) is 17.2 Å². The number of nitrogens with one attached hydrogen (secondary N) is 1. The van der Waals surface area contributed by atoms with Crippen LogP contribution in [0.15, 0.2) is 46.6 Å². The van der Waals surface area contributed by atoms with Gasteiger partial charge in [-0.3, -0.25) is 9.89 Å². The first kappa shape index (κ1) is 18.5. The second-order valence-electron chi connectivity index (χ2n) is 5.68. The van der Waals surface area contributed by atoms with Gasteiger partial charge in [-0.15, -0.1) is 11.3 Å². The van der Waals surface area contributed by atoms with Gasteiger partial charge < -0.3 is 4.74 Å². The molecule has 0 bridgehead atoms. The van der Waals surface area contributed by atoms with Crippen molar-refractivity contribution in [3.05, 3.63) is 67.7 Å². The minimum Gasteiger partial charge on any atom is -0.486 e. The van der Waals surface area contributed by atoms with Crippen LogP contribution in [0.5, 0.6) is 5.75 Å². The molecule has 4 aromatic rings. The molecule has 0 aliphatic rings. The highest BCUT2D eigenvalue weighted by Gasteiger charge is 2.32. The second kappa shape index (κ2) is 6.95. The number of aromatic amines is 1. The first-order valence-corrected chi connectivity index (χ1v) is 9.10. The average molecular weight is 427 g/mol. The van der Waals surface area contributed by atoms with Gasteiger partial charge in [-0.25, -0.2) is 4.98 Å². The molecule has 11 heteroatoms. The standard InChI is InChI=1S/C17H10ClF3N4O2S/c18-13-11(7-27-10-6-12(28-8-10)17(19,20)21)22-16-23-14(24-25(16)15(13)26)9-4-2-1-3-5-9/h1-6,8H,7H2,(H,22,23,24). The number of aromatic nitrogens is 4. The number of H-pyrrole nitrogens is 1. The summed E-state index contributed by atoms with van der Waals surface area (Å²) in [5.41, 5.74) is 0.248. The fraction of sp³-hybridized carbons (Fsp3) is 0.118. The molecule has 0 fully saturated rings. The predicted molar refractivity (Wildman–Crippen MR) is 97.7 cm³/mol. The summed E-state index contributed by atoms with van der Waals surface area (Å²) >= 11 is 6.59. The zero-order valence-corrected chi connectivity index (χ0v) is 15.4. The molecular formula is C17H10ClF3N4O2S. The maximum atomic E-state index is 12.7. The molecule has 0 aliphatic heterocycles. The first-order chi connectivity index (χ1) is 13.3. The molecule has 3 heterocycles. The number of hydrogen-bond donors (Lipinski definition) is 1. The van der Waals surface area contributed by atoms with E-state index in [0.717, 1.165) is 16.1 Å². The van der Waals surface area contributed by atoms with Gasteiger partial charge in [0.1, 0.15) is 28.0 Å². The smallest absolute Gasteiger partial charge is 0.425 e. The zero-order valence-electron chi connectivity index (χ0n) is 13.8. The van der Waals surface area contributed by atoms with Crippen molar-refractivity contribution in [2.24, 2.45) is 0 Å². The molecule has 0 amide bonds. The third-order valence-electron chi connectivity index (χ3n) is 3.79. The second-order valence-corrected chi connectivity index (χ2v) is 6.97. The Balaban J connectivity index is 1.63. The summed E-state index contributed by atoms with van der Waals surface area (Å²) in [7, 11) is 0. The van der Waals surface area contributed by atoms with Gasteiger partial charge in [-0.1, -0.05) is 41.9 Å². The number of fused-ring (bicyclic) bond motifs is 1. The lowest BCUT2D eigenvalue weighted by Crippen LogP contribution is -2.19. The largest absolute Gasteiger partial charge is 0.486 e. The Morgan fingerprint density at radius 2 is 1.96 bits per heavy atom. The number of halogens is 4. The maximum Gasteiger partial charge on any atom is 0.425 e. The summed E-state index contributed by atoms with van der Waals surface area (Å²) < 4.78 is 44.4. The SMILES string of the molecule is O=c1c(Cl)c(COc2csc(C(F)(F)F)c2)nc2nc(-c3ccccc3)[nH]n12. The molecule has 0 saturated heterocycles. The highest BCUT2D eigenvalue weighted by atomic mass is 35.5. The van der Waals surface area contributed by atoms with Crippen LogP contribution in [0.2, 0.25) is 5.02 Å². The summed E-state index contributed by atoms with van der Waals surface area (Å²) in [6, 6.07) is 9.98. The molecule has 0 unspecified atom stereocenters. The quantitative estimate of drug-likeness (QED) is 0.525. The van der Waals surface area contributed by atoms with Crippen molar-refractivity contribution >= 4 is 28.7 Å².